The van der Waals surface area contributed by atoms with Crippen LogP contribution in [0, 0.1) is 0 Å². The van der Waals surface area contributed by atoms with E-state index in [9.17, 15) is 0 Å². The molecule has 2 aromatic rings. The molecule has 0 saturated heterocycles. The molecule has 2 aliphatic carbocycles. The first-order valence-corrected chi connectivity index (χ1v) is 6.03. The molecule has 2 aliphatic rings. The third kappa shape index (κ3) is 1.24. The Labute approximate surface area is 101 Å². The summed E-state index contributed by atoms with van der Waals surface area (Å²) < 4.78 is 0. The summed E-state index contributed by atoms with van der Waals surface area (Å²) in [5.41, 5.74) is 5.63. The maximum atomic E-state index is 2.33. The highest BCUT2D eigenvalue weighted by Gasteiger charge is 2.19. The van der Waals surface area contributed by atoms with Gasteiger partial charge < -0.3 is 0 Å². The summed E-state index contributed by atoms with van der Waals surface area (Å²) in [7, 11) is 0. The van der Waals surface area contributed by atoms with Crippen molar-refractivity contribution in [2.45, 2.75) is 6.42 Å². The van der Waals surface area contributed by atoms with Gasteiger partial charge in [-0.1, -0.05) is 48.6 Å². The van der Waals surface area contributed by atoms with Crippen LogP contribution in [0.1, 0.15) is 17.5 Å². The molecular weight excluding hydrogens is 204 g/mol. The molecule has 0 aromatic heterocycles. The zero-order valence-corrected chi connectivity index (χ0v) is 9.48. The SMILES string of the molecule is C1=CCC2=Cc3cc4ccccc4cc3C2=C1. The van der Waals surface area contributed by atoms with Crippen molar-refractivity contribution in [2.75, 3.05) is 0 Å². The molecule has 0 atom stereocenters. The molecule has 0 bridgehead atoms. The van der Waals surface area contributed by atoms with Gasteiger partial charge in [0, 0.05) is 0 Å². The number of allylic oxidation sites excluding steroid dienone is 5. The average molecular weight is 216 g/mol. The van der Waals surface area contributed by atoms with Crippen molar-refractivity contribution in [1.82, 2.24) is 0 Å². The second kappa shape index (κ2) is 3.21. The van der Waals surface area contributed by atoms with Gasteiger partial charge in [0.1, 0.15) is 0 Å². The maximum absolute atomic E-state index is 2.33. The Hall–Kier alpha value is -2.08. The van der Waals surface area contributed by atoms with Gasteiger partial charge in [-0.15, -0.1) is 0 Å². The lowest BCUT2D eigenvalue weighted by molar-refractivity contribution is 1.31. The molecule has 0 unspecified atom stereocenters. The first-order chi connectivity index (χ1) is 8.42. The van der Waals surface area contributed by atoms with E-state index in [-0.39, 0.29) is 0 Å². The van der Waals surface area contributed by atoms with E-state index in [1.165, 1.54) is 33.0 Å². The van der Waals surface area contributed by atoms with Crippen LogP contribution in [-0.4, -0.2) is 0 Å². The topological polar surface area (TPSA) is 0 Å². The molecule has 0 fully saturated rings. The van der Waals surface area contributed by atoms with Crippen LogP contribution in [0.3, 0.4) is 0 Å². The molecule has 2 aromatic carbocycles. The largest absolute Gasteiger partial charge is 0.0801 e. The molecule has 0 amide bonds. The van der Waals surface area contributed by atoms with E-state index >= 15 is 0 Å². The van der Waals surface area contributed by atoms with Gasteiger partial charge in [0.05, 0.1) is 0 Å². The fourth-order valence-corrected chi connectivity index (χ4v) is 2.77. The van der Waals surface area contributed by atoms with Gasteiger partial charge >= 0.3 is 0 Å². The van der Waals surface area contributed by atoms with Gasteiger partial charge in [-0.05, 0) is 51.6 Å². The Morgan fingerprint density at radius 3 is 2.65 bits per heavy atom. The molecular formula is C17H12. The number of hydrogen-bond donors (Lipinski definition) is 0. The number of rotatable bonds is 0. The highest BCUT2D eigenvalue weighted by atomic mass is 14.2. The fourth-order valence-electron chi connectivity index (χ4n) is 2.77. The van der Waals surface area contributed by atoms with Crippen molar-refractivity contribution in [3.05, 3.63) is 71.3 Å². The van der Waals surface area contributed by atoms with E-state index in [4.69, 9.17) is 0 Å². The molecule has 0 nitrogen and oxygen atoms in total. The average Bonchev–Trinajstić information content (AvgIpc) is 2.73. The zero-order chi connectivity index (χ0) is 11.2. The Morgan fingerprint density at radius 1 is 0.941 bits per heavy atom. The molecule has 0 aliphatic heterocycles. The lowest BCUT2D eigenvalue weighted by Gasteiger charge is -2.09. The van der Waals surface area contributed by atoms with E-state index < -0.39 is 0 Å². The molecule has 0 saturated carbocycles. The first kappa shape index (κ1) is 9.00. The van der Waals surface area contributed by atoms with Crippen LogP contribution < -0.4 is 0 Å². The fraction of sp³-hybridized carbons (Fsp3) is 0.0588. The van der Waals surface area contributed by atoms with Gasteiger partial charge in [0.25, 0.3) is 0 Å². The van der Waals surface area contributed by atoms with Crippen LogP contribution in [0.4, 0.5) is 0 Å². The van der Waals surface area contributed by atoms with Crippen molar-refractivity contribution >= 4 is 22.4 Å². The minimum Gasteiger partial charge on any atom is -0.0801 e. The smallest absolute Gasteiger partial charge is 0.00879 e. The molecule has 0 heteroatoms. The van der Waals surface area contributed by atoms with Gasteiger partial charge in [-0.2, -0.15) is 0 Å². The number of benzene rings is 2. The van der Waals surface area contributed by atoms with E-state index in [2.05, 4.69) is 60.7 Å². The Morgan fingerprint density at radius 2 is 1.76 bits per heavy atom. The van der Waals surface area contributed by atoms with Gasteiger partial charge in [0.2, 0.25) is 0 Å². The molecule has 0 heterocycles. The highest BCUT2D eigenvalue weighted by Crippen LogP contribution is 2.40. The van der Waals surface area contributed by atoms with Crippen LogP contribution in [0.15, 0.2) is 60.2 Å². The molecule has 80 valence electrons. The zero-order valence-electron chi connectivity index (χ0n) is 9.48. The lowest BCUT2D eigenvalue weighted by Crippen LogP contribution is -1.87. The minimum atomic E-state index is 1.07. The number of hydrogen-bond acceptors (Lipinski definition) is 0. The Bertz CT molecular complexity index is 712. The third-order valence-electron chi connectivity index (χ3n) is 3.62. The normalized spacial score (nSPS) is 16.5. The van der Waals surface area contributed by atoms with Crippen LogP contribution in [0.5, 0.6) is 0 Å². The van der Waals surface area contributed by atoms with Crippen LogP contribution in [0.25, 0.3) is 22.4 Å². The quantitative estimate of drug-likeness (QED) is 0.604. The second-order valence-corrected chi connectivity index (χ2v) is 4.67. The lowest BCUT2D eigenvalue weighted by atomic mass is 9.95. The van der Waals surface area contributed by atoms with Gasteiger partial charge in [-0.25, -0.2) is 0 Å². The molecule has 4 rings (SSSR count). The summed E-state index contributed by atoms with van der Waals surface area (Å²) in [6, 6.07) is 13.2. The van der Waals surface area contributed by atoms with Crippen LogP contribution >= 0.6 is 0 Å². The number of fused-ring (bicyclic) bond motifs is 4. The predicted molar refractivity (Wildman–Crippen MR) is 73.7 cm³/mol. The first-order valence-electron chi connectivity index (χ1n) is 6.03. The second-order valence-electron chi connectivity index (χ2n) is 4.67. The van der Waals surface area contributed by atoms with Crippen molar-refractivity contribution < 1.29 is 0 Å². The van der Waals surface area contributed by atoms with Crippen LogP contribution in [0.2, 0.25) is 0 Å². The summed E-state index contributed by atoms with van der Waals surface area (Å²) in [6.07, 6.45) is 10.0. The van der Waals surface area contributed by atoms with Crippen molar-refractivity contribution in [3.8, 4) is 0 Å². The maximum Gasteiger partial charge on any atom is -0.00879 e. The molecule has 17 heavy (non-hydrogen) atoms. The highest BCUT2D eigenvalue weighted by molar-refractivity contribution is 6.01. The van der Waals surface area contributed by atoms with Gasteiger partial charge in [0.15, 0.2) is 0 Å². The Kier molecular flexibility index (Phi) is 1.70. The Balaban J connectivity index is 2.05. The summed E-state index contributed by atoms with van der Waals surface area (Å²) in [5, 5.41) is 2.66. The van der Waals surface area contributed by atoms with E-state index in [0.29, 0.717) is 0 Å². The van der Waals surface area contributed by atoms with Crippen molar-refractivity contribution in [3.63, 3.8) is 0 Å². The van der Waals surface area contributed by atoms with Gasteiger partial charge in [-0.3, -0.25) is 0 Å². The predicted octanol–water partition coefficient (Wildman–Crippen LogP) is 4.58. The molecule has 0 spiro atoms. The molecule has 0 N–H and O–H groups in total. The summed E-state index contributed by atoms with van der Waals surface area (Å²) in [6.45, 7) is 0. The van der Waals surface area contributed by atoms with E-state index in [1.807, 2.05) is 0 Å². The third-order valence-corrected chi connectivity index (χ3v) is 3.62. The summed E-state index contributed by atoms with van der Waals surface area (Å²) in [5.74, 6) is 0. The van der Waals surface area contributed by atoms with E-state index in [0.717, 1.165) is 6.42 Å². The van der Waals surface area contributed by atoms with Crippen molar-refractivity contribution in [1.29, 1.82) is 0 Å². The monoisotopic (exact) mass is 216 g/mol. The molecule has 0 radical (unpaired) electrons. The minimum absolute atomic E-state index is 1.07. The van der Waals surface area contributed by atoms with E-state index in [1.54, 1.807) is 0 Å². The van der Waals surface area contributed by atoms with Crippen LogP contribution in [-0.2, 0) is 0 Å². The standard InChI is InChI=1S/C17H12/c1-2-6-13-11-17-15(9-12(13)5-1)10-14-7-3-4-8-16(14)17/h1-6,8-11H,7H2. The van der Waals surface area contributed by atoms with Crippen molar-refractivity contribution in [2.24, 2.45) is 0 Å². The summed E-state index contributed by atoms with van der Waals surface area (Å²) >= 11 is 0. The summed E-state index contributed by atoms with van der Waals surface area (Å²) in [4.78, 5) is 0.